The van der Waals surface area contributed by atoms with E-state index in [4.69, 9.17) is 17.7 Å². The molecule has 0 bridgehead atoms. The van der Waals surface area contributed by atoms with Gasteiger partial charge in [0.25, 0.3) is 0 Å². The Morgan fingerprint density at radius 3 is 0.643 bits per heavy atom. The van der Waals surface area contributed by atoms with Gasteiger partial charge in [-0.25, -0.2) is 0 Å². The molecule has 0 saturated carbocycles. The van der Waals surface area contributed by atoms with Crippen molar-refractivity contribution in [1.29, 1.82) is 0 Å². The predicted octanol–water partition coefficient (Wildman–Crippen LogP) is 7.54. The normalized spacial score (nSPS) is 12.3. The lowest BCUT2D eigenvalue weighted by Crippen LogP contribution is -1.76. The van der Waals surface area contributed by atoms with Gasteiger partial charge in [0.1, 0.15) is 44.7 Å². The number of benzene rings is 4. The van der Waals surface area contributed by atoms with Gasteiger partial charge in [0, 0.05) is 0 Å². The highest BCUT2D eigenvalue weighted by molar-refractivity contribution is 6.20. The van der Waals surface area contributed by atoms with Crippen molar-refractivity contribution in [2.45, 2.75) is 0 Å². The molecule has 0 aliphatic heterocycles. The van der Waals surface area contributed by atoms with Crippen molar-refractivity contribution in [2.75, 3.05) is 0 Å². The first-order valence-corrected chi connectivity index (χ1v) is 9.11. The highest BCUT2D eigenvalue weighted by atomic mass is 16.4. The van der Waals surface area contributed by atoms with Crippen molar-refractivity contribution >= 4 is 66.2 Å². The van der Waals surface area contributed by atoms with Crippen LogP contribution in [0.5, 0.6) is 0 Å². The lowest BCUT2D eigenvalue weighted by atomic mass is 10.1. The van der Waals surface area contributed by atoms with Crippen molar-refractivity contribution in [1.82, 2.24) is 0 Å². The Labute approximate surface area is 157 Å². The van der Waals surface area contributed by atoms with Gasteiger partial charge in [0.2, 0.25) is 0 Å². The molecule has 4 nitrogen and oxygen atoms in total. The first-order chi connectivity index (χ1) is 13.9. The first kappa shape index (κ1) is 14.2. The zero-order valence-corrected chi connectivity index (χ0v) is 14.6. The Kier molecular flexibility index (Phi) is 2.46. The van der Waals surface area contributed by atoms with Crippen molar-refractivity contribution in [3.05, 3.63) is 72.8 Å². The Balaban J connectivity index is 1.94. The van der Waals surface area contributed by atoms with Crippen molar-refractivity contribution in [3.63, 3.8) is 0 Å². The largest absolute Gasteiger partial charge is 0.456 e. The first-order valence-electron chi connectivity index (χ1n) is 9.11. The molecule has 3 aromatic heterocycles. The number of furan rings is 2. The maximum absolute atomic E-state index is 6.44. The monoisotopic (exact) mass is 364 g/mol. The highest BCUT2D eigenvalue weighted by Gasteiger charge is 2.16. The highest BCUT2D eigenvalue weighted by Crippen LogP contribution is 2.39. The molecule has 0 N–H and O–H groups in total. The van der Waals surface area contributed by atoms with Gasteiger partial charge in [-0.1, -0.05) is 24.3 Å². The van der Waals surface area contributed by atoms with E-state index < -0.39 is 0 Å². The lowest BCUT2D eigenvalue weighted by Gasteiger charge is -2.00. The summed E-state index contributed by atoms with van der Waals surface area (Å²) in [5.41, 5.74) is 5.98. The molecule has 0 radical (unpaired) electrons. The molecule has 3 heterocycles. The molecule has 0 fully saturated rings. The van der Waals surface area contributed by atoms with E-state index in [-0.39, 0.29) is 0 Å². The maximum atomic E-state index is 6.44. The van der Waals surface area contributed by atoms with Crippen LogP contribution in [0.2, 0.25) is 0 Å². The van der Waals surface area contributed by atoms with E-state index in [1.165, 1.54) is 0 Å². The molecule has 0 atom stereocenters. The molecular weight excluding hydrogens is 352 g/mol. The third kappa shape index (κ3) is 1.70. The Morgan fingerprint density at radius 2 is 0.464 bits per heavy atom. The van der Waals surface area contributed by atoms with E-state index >= 15 is 0 Å². The average molecular weight is 364 g/mol. The van der Waals surface area contributed by atoms with Crippen LogP contribution >= 0.6 is 0 Å². The van der Waals surface area contributed by atoms with Gasteiger partial charge in [-0.2, -0.15) is 0 Å². The van der Waals surface area contributed by atoms with Gasteiger partial charge in [-0.05, 0) is 48.5 Å². The molecule has 7 rings (SSSR count). The molecular formula is C24H12O4. The van der Waals surface area contributed by atoms with Crippen molar-refractivity contribution in [2.24, 2.45) is 0 Å². The summed E-state index contributed by atoms with van der Waals surface area (Å²) in [5, 5.41) is 3.63. The fourth-order valence-corrected chi connectivity index (χ4v) is 4.18. The second kappa shape index (κ2) is 4.87. The van der Waals surface area contributed by atoms with Crippen LogP contribution < -0.4 is 0 Å². The second-order valence-corrected chi connectivity index (χ2v) is 6.93. The number of rotatable bonds is 0. The van der Waals surface area contributed by atoms with E-state index in [0.717, 1.165) is 66.2 Å². The molecule has 0 spiro atoms. The maximum Gasteiger partial charge on any atom is 0.139 e. The Morgan fingerprint density at radius 1 is 0.286 bits per heavy atom. The molecule has 0 aliphatic rings. The lowest BCUT2D eigenvalue weighted by molar-refractivity contribution is 0.651. The number of hydrogen-bond acceptors (Lipinski definition) is 4. The summed E-state index contributed by atoms with van der Waals surface area (Å²) < 4.78 is 25.0. The SMILES string of the molecule is c1cc2oc3cccc4oc5cccc6oc7cccc(oc(c1)c2c34)c7c65. The minimum absolute atomic E-state index is 0.730. The molecule has 0 unspecified atom stereocenters. The summed E-state index contributed by atoms with van der Waals surface area (Å²) in [6, 6.07) is 23.4. The fourth-order valence-electron chi connectivity index (χ4n) is 4.18. The zero-order chi connectivity index (χ0) is 18.2. The van der Waals surface area contributed by atoms with E-state index in [0.29, 0.717) is 0 Å². The third-order valence-electron chi connectivity index (χ3n) is 5.33. The minimum Gasteiger partial charge on any atom is -0.456 e. The molecule has 0 saturated heterocycles. The van der Waals surface area contributed by atoms with E-state index in [1.54, 1.807) is 0 Å². The van der Waals surface area contributed by atoms with Crippen molar-refractivity contribution in [3.8, 4) is 0 Å². The van der Waals surface area contributed by atoms with Crippen LogP contribution in [0.25, 0.3) is 66.2 Å². The van der Waals surface area contributed by atoms with Crippen LogP contribution in [0.15, 0.2) is 90.5 Å². The quantitative estimate of drug-likeness (QED) is 0.279. The molecule has 132 valence electrons. The van der Waals surface area contributed by atoms with Gasteiger partial charge in [0.15, 0.2) is 0 Å². The molecule has 0 amide bonds. The standard InChI is InChI=1S/C24H12O4/c1-5-13-21-17(9-1)27-18-10-3-7-15-23(18)24-16(26-15)8-4-12-20(24)28-19-11-2-6-14(25-13)22(19)21/h1-12H. The molecule has 7 aromatic rings. The van der Waals surface area contributed by atoms with Gasteiger partial charge in [0.05, 0.1) is 21.5 Å². The molecule has 4 aromatic carbocycles. The Hall–Kier alpha value is -3.92. The summed E-state index contributed by atoms with van der Waals surface area (Å²) in [7, 11) is 0. The van der Waals surface area contributed by atoms with Crippen molar-refractivity contribution < 1.29 is 17.7 Å². The molecule has 4 heteroatoms. The van der Waals surface area contributed by atoms with Crippen LogP contribution in [0, 0.1) is 0 Å². The minimum atomic E-state index is 0.730. The average Bonchev–Trinajstić information content (AvgIpc) is 3.28. The van der Waals surface area contributed by atoms with Crippen LogP contribution in [0.4, 0.5) is 0 Å². The summed E-state index contributed by atoms with van der Waals surface area (Å²) in [5.74, 6) is 0. The van der Waals surface area contributed by atoms with Gasteiger partial charge in [-0.3, -0.25) is 0 Å². The summed E-state index contributed by atoms with van der Waals surface area (Å²) in [6.07, 6.45) is 0. The van der Waals surface area contributed by atoms with E-state index in [9.17, 15) is 0 Å². The van der Waals surface area contributed by atoms with E-state index in [1.807, 2.05) is 72.8 Å². The third-order valence-corrected chi connectivity index (χ3v) is 5.33. The summed E-state index contributed by atoms with van der Waals surface area (Å²) in [6.45, 7) is 0. The number of hydrogen-bond donors (Lipinski definition) is 0. The van der Waals surface area contributed by atoms with Gasteiger partial charge < -0.3 is 17.7 Å². The topological polar surface area (TPSA) is 52.6 Å². The molecule has 28 heavy (non-hydrogen) atoms. The summed E-state index contributed by atoms with van der Waals surface area (Å²) >= 11 is 0. The molecule has 0 aliphatic carbocycles. The van der Waals surface area contributed by atoms with Gasteiger partial charge >= 0.3 is 0 Å². The Bertz CT molecular complexity index is 1470. The smallest absolute Gasteiger partial charge is 0.139 e. The predicted molar refractivity (Wildman–Crippen MR) is 109 cm³/mol. The fraction of sp³-hybridized carbons (Fsp3) is 0. The summed E-state index contributed by atoms with van der Waals surface area (Å²) in [4.78, 5) is 0. The van der Waals surface area contributed by atoms with Crippen LogP contribution in [0.3, 0.4) is 0 Å². The van der Waals surface area contributed by atoms with E-state index in [2.05, 4.69) is 0 Å². The van der Waals surface area contributed by atoms with Gasteiger partial charge in [-0.15, -0.1) is 0 Å². The van der Waals surface area contributed by atoms with Crippen LogP contribution in [-0.2, 0) is 0 Å². The second-order valence-electron chi connectivity index (χ2n) is 6.93. The van der Waals surface area contributed by atoms with Crippen LogP contribution in [-0.4, -0.2) is 0 Å². The van der Waals surface area contributed by atoms with Crippen LogP contribution in [0.1, 0.15) is 0 Å². The zero-order valence-electron chi connectivity index (χ0n) is 14.6.